The molecule has 8 atom stereocenters. The summed E-state index contributed by atoms with van der Waals surface area (Å²) in [6.45, 7) is -1.11. The van der Waals surface area contributed by atoms with Crippen LogP contribution in [0.2, 0.25) is 0 Å². The Morgan fingerprint density at radius 2 is 1.66 bits per heavy atom. The van der Waals surface area contributed by atoms with Gasteiger partial charge in [0.2, 0.25) is 5.91 Å². The monoisotopic (exact) mass is 932 g/mol. The van der Waals surface area contributed by atoms with Gasteiger partial charge in [-0.3, -0.25) is 9.59 Å². The predicted octanol–water partition coefficient (Wildman–Crippen LogP) is 7.31. The predicted molar refractivity (Wildman–Crippen MR) is 242 cm³/mol. The van der Waals surface area contributed by atoms with Gasteiger partial charge in [-0.05, 0) is 84.0 Å². The lowest BCUT2D eigenvalue weighted by Crippen LogP contribution is -2.54. The molecule has 2 unspecified atom stereocenters. The average Bonchev–Trinajstić information content (AvgIpc) is 3.83. The molecular formula is C49H50F2N8O9. The van der Waals surface area contributed by atoms with Gasteiger partial charge in [0.1, 0.15) is 36.1 Å². The number of rotatable bonds is 13. The number of fused-ring (bicyclic) bond motifs is 7. The van der Waals surface area contributed by atoms with Gasteiger partial charge in [-0.1, -0.05) is 48.5 Å². The Bertz CT molecular complexity index is 2910. The van der Waals surface area contributed by atoms with Crippen molar-refractivity contribution >= 4 is 45.8 Å². The lowest BCUT2D eigenvalue weighted by atomic mass is 9.92. The first-order valence-electron chi connectivity index (χ1n) is 22.5. The van der Waals surface area contributed by atoms with Crippen molar-refractivity contribution in [3.8, 4) is 28.1 Å². The van der Waals surface area contributed by atoms with Crippen LogP contribution in [-0.2, 0) is 35.1 Å². The maximum absolute atomic E-state index is 14.4. The van der Waals surface area contributed by atoms with Crippen LogP contribution in [0.5, 0.6) is 5.75 Å². The van der Waals surface area contributed by atoms with Gasteiger partial charge in [-0.25, -0.2) is 19.6 Å². The molecule has 4 amide bonds. The first-order valence-corrected chi connectivity index (χ1v) is 22.5. The summed E-state index contributed by atoms with van der Waals surface area (Å²) in [6.07, 6.45) is 1.63. The van der Waals surface area contributed by atoms with E-state index in [0.29, 0.717) is 46.5 Å². The first-order chi connectivity index (χ1) is 32.9. The van der Waals surface area contributed by atoms with Crippen molar-refractivity contribution in [3.05, 3.63) is 102 Å². The number of piperidine rings is 1. The van der Waals surface area contributed by atoms with Crippen molar-refractivity contribution in [3.63, 3.8) is 0 Å². The minimum absolute atomic E-state index is 0.0651. The highest BCUT2D eigenvalue weighted by atomic mass is 19.3. The van der Waals surface area contributed by atoms with E-state index in [1.165, 1.54) is 21.3 Å². The Balaban J connectivity index is 0.915. The van der Waals surface area contributed by atoms with Gasteiger partial charge in [-0.15, -0.1) is 0 Å². The minimum atomic E-state index is -2.97. The molecule has 1 saturated carbocycles. The molecule has 1 aliphatic carbocycles. The van der Waals surface area contributed by atoms with Gasteiger partial charge in [0.15, 0.2) is 0 Å². The van der Waals surface area contributed by atoms with E-state index in [9.17, 15) is 28.0 Å². The van der Waals surface area contributed by atoms with E-state index >= 15 is 0 Å². The highest BCUT2D eigenvalue weighted by molar-refractivity contribution is 6.07. The zero-order valence-electron chi connectivity index (χ0n) is 37.7. The standard InChI is InChI=1S/C49H50F2N8O9/c1-24(64-2)40(56-48(62)65-3)46(61)59-36-17-29(36)18-38(59)43-52-20-35(54-43)28-10-12-31-30(15-28)23-67-39-19-32-27(16-33(31)39)11-13-34-42(32)55-44(53-34)37-14-25(22-68-47(50)51)21-58(37)45(60)41(57-49(63)66-4)26-8-6-5-7-9-26/h5-13,15-16,19-20,24-25,29,36-38,40-41,47H,14,17-18,21-23H2,1-4H3,(H,52,54)(H,53,55)(H,56,62)(H,57,63)/t24-,25+,29?,36?,37+,38+,40+,41-/m1/s1. The van der Waals surface area contributed by atoms with Crippen LogP contribution in [0, 0.1) is 11.8 Å². The summed E-state index contributed by atoms with van der Waals surface area (Å²) in [6, 6.07) is 19.9. The minimum Gasteiger partial charge on any atom is -0.488 e. The fourth-order valence-electron chi connectivity index (χ4n) is 10.2. The summed E-state index contributed by atoms with van der Waals surface area (Å²) in [5, 5.41) is 7.02. The molecular weight excluding hydrogens is 883 g/mol. The summed E-state index contributed by atoms with van der Waals surface area (Å²) in [5.41, 5.74) is 6.47. The Morgan fingerprint density at radius 1 is 0.868 bits per heavy atom. The maximum atomic E-state index is 14.4. The number of alkyl carbamates (subject to hydrolysis) is 2. The van der Waals surface area contributed by atoms with E-state index in [0.717, 1.165) is 51.6 Å². The van der Waals surface area contributed by atoms with E-state index < -0.39 is 54.9 Å². The number of nitrogens with one attached hydrogen (secondary N) is 4. The number of aromatic nitrogens is 4. The number of methoxy groups -OCH3 is 3. The molecule has 0 spiro atoms. The topological polar surface area (TPSA) is 202 Å². The largest absolute Gasteiger partial charge is 0.488 e. The molecule has 10 rings (SSSR count). The van der Waals surface area contributed by atoms with E-state index in [1.54, 1.807) is 48.4 Å². The third-order valence-corrected chi connectivity index (χ3v) is 13.8. The second-order valence-electron chi connectivity index (χ2n) is 17.8. The van der Waals surface area contributed by atoms with Crippen LogP contribution in [0.25, 0.3) is 44.2 Å². The molecule has 0 radical (unpaired) electrons. The molecule has 4 N–H and O–H groups in total. The van der Waals surface area contributed by atoms with Gasteiger partial charge in [0.05, 0.1) is 61.9 Å². The third kappa shape index (κ3) is 8.33. The van der Waals surface area contributed by atoms with Crippen LogP contribution in [-0.4, -0.2) is 113 Å². The highest BCUT2D eigenvalue weighted by Gasteiger charge is 2.56. The number of benzene rings is 4. The van der Waals surface area contributed by atoms with Gasteiger partial charge in [0, 0.05) is 36.6 Å². The molecule has 3 aliphatic heterocycles. The highest BCUT2D eigenvalue weighted by Crippen LogP contribution is 2.53. The number of hydrogen-bond donors (Lipinski definition) is 4. The zero-order chi connectivity index (χ0) is 47.4. The number of hydrogen-bond acceptors (Lipinski definition) is 11. The molecule has 6 aromatic rings. The van der Waals surface area contributed by atoms with Crippen LogP contribution in [0.1, 0.15) is 67.1 Å². The summed E-state index contributed by atoms with van der Waals surface area (Å²) >= 11 is 0. The third-order valence-electron chi connectivity index (χ3n) is 13.8. The summed E-state index contributed by atoms with van der Waals surface area (Å²) < 4.78 is 52.7. The molecule has 3 fully saturated rings. The lowest BCUT2D eigenvalue weighted by Gasteiger charge is -2.32. The van der Waals surface area contributed by atoms with E-state index in [1.807, 2.05) is 29.2 Å². The number of imidazole rings is 2. The van der Waals surface area contributed by atoms with Crippen molar-refractivity contribution in [1.29, 1.82) is 0 Å². The number of nitrogens with zero attached hydrogens (tertiary/aromatic N) is 4. The first kappa shape index (κ1) is 44.7. The Kier molecular flexibility index (Phi) is 11.9. The van der Waals surface area contributed by atoms with Gasteiger partial charge >= 0.3 is 18.8 Å². The van der Waals surface area contributed by atoms with E-state index in [2.05, 4.69) is 38.8 Å². The second-order valence-corrected chi connectivity index (χ2v) is 17.8. The molecule has 4 aliphatic rings. The van der Waals surface area contributed by atoms with Gasteiger partial charge < -0.3 is 54.1 Å². The van der Waals surface area contributed by atoms with Crippen molar-refractivity contribution in [2.75, 3.05) is 34.5 Å². The SMILES string of the molecule is COC(=O)N[C@H](C(=O)N1C2CC2C[C@H]1c1ncc(-c2ccc3c(c2)COc2cc4c(ccc5[nH]c([C@@H]6C[C@H](COC(F)F)CN6C(=O)[C@H](NC(=O)OC)c6ccccc6)nc54)cc2-3)[nH]1)[C@@H](C)OC. The van der Waals surface area contributed by atoms with Crippen molar-refractivity contribution in [1.82, 2.24) is 40.4 Å². The number of aromatic amines is 2. The molecule has 5 heterocycles. The molecule has 17 nitrogen and oxygen atoms in total. The van der Waals surface area contributed by atoms with Crippen molar-refractivity contribution in [2.24, 2.45) is 11.8 Å². The van der Waals surface area contributed by atoms with Crippen molar-refractivity contribution < 1.29 is 51.6 Å². The van der Waals surface area contributed by atoms with Gasteiger partial charge in [0.25, 0.3) is 5.91 Å². The number of halogens is 2. The number of ether oxygens (including phenoxy) is 5. The van der Waals surface area contributed by atoms with Crippen LogP contribution >= 0.6 is 0 Å². The smallest absolute Gasteiger partial charge is 0.407 e. The van der Waals surface area contributed by atoms with E-state index in [4.69, 9.17) is 33.7 Å². The van der Waals surface area contributed by atoms with Crippen LogP contribution in [0.3, 0.4) is 0 Å². The fraction of sp³-hybridized carbons (Fsp3) is 0.388. The second kappa shape index (κ2) is 18.2. The molecule has 2 aromatic heterocycles. The van der Waals surface area contributed by atoms with Gasteiger partial charge in [-0.2, -0.15) is 8.78 Å². The number of carbonyl (C=O) groups is 4. The van der Waals surface area contributed by atoms with Crippen LogP contribution < -0.4 is 15.4 Å². The molecule has 19 heteroatoms. The molecule has 68 heavy (non-hydrogen) atoms. The van der Waals surface area contributed by atoms with E-state index in [-0.39, 0.29) is 37.6 Å². The lowest BCUT2D eigenvalue weighted by molar-refractivity contribution is -0.140. The number of carbonyl (C=O) groups excluding carboxylic acids is 4. The Morgan fingerprint density at radius 3 is 2.43 bits per heavy atom. The fourth-order valence-corrected chi connectivity index (χ4v) is 10.2. The quantitative estimate of drug-likeness (QED) is 0.0905. The zero-order valence-corrected chi connectivity index (χ0v) is 37.7. The molecule has 0 bridgehead atoms. The summed E-state index contributed by atoms with van der Waals surface area (Å²) in [5.74, 6) is 1.04. The summed E-state index contributed by atoms with van der Waals surface area (Å²) in [7, 11) is 3.96. The Labute approximate surface area is 388 Å². The average molecular weight is 933 g/mol. The molecule has 2 saturated heterocycles. The van der Waals surface area contributed by atoms with Crippen LogP contribution in [0.15, 0.2) is 79.0 Å². The number of amides is 4. The normalized spacial score (nSPS) is 21.7. The number of H-pyrrole nitrogens is 2. The maximum Gasteiger partial charge on any atom is 0.407 e. The number of likely N-dealkylation sites (tertiary alicyclic amines) is 2. The Hall–Kier alpha value is -7.12. The molecule has 4 aromatic carbocycles. The van der Waals surface area contributed by atoms with Crippen LogP contribution in [0.4, 0.5) is 18.4 Å². The number of alkyl halides is 2. The van der Waals surface area contributed by atoms with Crippen molar-refractivity contribution in [2.45, 2.75) is 75.7 Å². The summed E-state index contributed by atoms with van der Waals surface area (Å²) in [4.78, 5) is 73.2. The molecule has 354 valence electrons.